The molecular weight excluding hydrogens is 1460 g/mol. The molecule has 21 N–H and O–H groups in total. The quantitative estimate of drug-likeness (QED) is 0.0211. The van der Waals surface area contributed by atoms with Gasteiger partial charge in [0, 0.05) is 20.3 Å². The van der Waals surface area contributed by atoms with E-state index in [2.05, 4.69) is 29.8 Å². The van der Waals surface area contributed by atoms with E-state index in [0.29, 0.717) is 12.8 Å². The Morgan fingerprint density at radius 1 is 0.355 bits per heavy atom. The standard InChI is InChI=1S/C74H133N3O33/c1-5-7-9-11-13-15-17-19-21-23-25-27-29-31-43(86)42(77-50(87)32-30-28-26-24-22-20-18-16-14-12-10-8-6-2)39-99-71-61(96)59(94)65(48(37-82)104-71)107-74-63(98)68(66(49(38-83)105-74)108-69-51(75-40(3)84)56(91)53(88)44(33-78)100-69)110-73-62(97)67(55(90)46(35-80)102-73)109-70-52(76-41(4)85)57(92)64(47(36-81)103-70)106-72-60(95)58(93)54(89)45(34-79)101-72/h29,31,42-49,51-74,78-83,86,88-98H,5-28,30,32-39H2,1-4H3,(H,75,84)(H,76,85)(H,77,87)/b31-29+/t42-,43+,44?,45?,46?,47?,48?,49?,51?,52?,53-,54-,55-,56+,57+,58-,59+,60?,61?,62?,63?,64+,65+,66-,67-,68+,69-,70-,71+,72-,73+,74-/m0/s1. The number of hydrogen-bond donors (Lipinski definition) is 21. The Morgan fingerprint density at radius 3 is 1.18 bits per heavy atom. The third-order valence-electron chi connectivity index (χ3n) is 21.2. The van der Waals surface area contributed by atoms with Gasteiger partial charge in [-0.2, -0.15) is 0 Å². The largest absolute Gasteiger partial charge is 0.394 e. The molecule has 0 aliphatic carbocycles. The Hall–Kier alpha value is -3.05. The average molecular weight is 1590 g/mol. The van der Waals surface area contributed by atoms with Crippen LogP contribution in [0.15, 0.2) is 12.2 Å². The number of rotatable bonds is 50. The lowest BCUT2D eigenvalue weighted by atomic mass is 9.94. The average Bonchev–Trinajstić information content (AvgIpc) is 0.762. The first-order valence-corrected chi connectivity index (χ1v) is 40.0. The Kier molecular flexibility index (Phi) is 44.0. The first-order chi connectivity index (χ1) is 52.8. The minimum absolute atomic E-state index is 0.149. The van der Waals surface area contributed by atoms with Gasteiger partial charge in [-0.15, -0.1) is 0 Å². The van der Waals surface area contributed by atoms with E-state index in [4.69, 9.17) is 56.8 Å². The number of allylic oxidation sites excluding steroid dienone is 1. The fraction of sp³-hybridized carbons (Fsp3) is 0.932. The smallest absolute Gasteiger partial charge is 0.220 e. The van der Waals surface area contributed by atoms with Gasteiger partial charge in [-0.25, -0.2) is 0 Å². The van der Waals surface area contributed by atoms with Gasteiger partial charge < -0.3 is 165 Å². The van der Waals surface area contributed by atoms with Crippen LogP contribution in [0, 0.1) is 0 Å². The molecule has 0 spiro atoms. The zero-order chi connectivity index (χ0) is 80.6. The van der Waals surface area contributed by atoms with Crippen LogP contribution >= 0.6 is 0 Å². The van der Waals surface area contributed by atoms with Gasteiger partial charge in [0.25, 0.3) is 0 Å². The molecule has 32 atom stereocenters. The molecule has 0 aromatic heterocycles. The molecule has 12 unspecified atom stereocenters. The zero-order valence-electron chi connectivity index (χ0n) is 64.1. The third kappa shape index (κ3) is 28.4. The molecule has 6 saturated heterocycles. The summed E-state index contributed by atoms with van der Waals surface area (Å²) in [7, 11) is 0. The molecule has 6 heterocycles. The maximum Gasteiger partial charge on any atom is 0.220 e. The summed E-state index contributed by atoms with van der Waals surface area (Å²) in [4.78, 5) is 39.0. The second-order valence-corrected chi connectivity index (χ2v) is 29.9. The van der Waals surface area contributed by atoms with Crippen molar-refractivity contribution in [1.82, 2.24) is 16.0 Å². The molecule has 0 saturated carbocycles. The number of ether oxygens (including phenoxy) is 12. The van der Waals surface area contributed by atoms with Gasteiger partial charge in [0.15, 0.2) is 37.7 Å². The maximum atomic E-state index is 13.6. The molecule has 6 aliphatic heterocycles. The van der Waals surface area contributed by atoms with Crippen LogP contribution in [-0.4, -0.2) is 352 Å². The van der Waals surface area contributed by atoms with Crippen LogP contribution in [0.5, 0.6) is 0 Å². The summed E-state index contributed by atoms with van der Waals surface area (Å²) in [6.45, 7) is -0.172. The molecule has 0 aromatic carbocycles. The van der Waals surface area contributed by atoms with E-state index in [-0.39, 0.29) is 12.3 Å². The summed E-state index contributed by atoms with van der Waals surface area (Å²) in [6.07, 6.45) is -25.2. The van der Waals surface area contributed by atoms with E-state index >= 15 is 0 Å². The van der Waals surface area contributed by atoms with Gasteiger partial charge in [-0.1, -0.05) is 167 Å². The number of nitrogens with one attached hydrogen (secondary N) is 3. The van der Waals surface area contributed by atoms with Crippen molar-refractivity contribution in [3.63, 3.8) is 0 Å². The van der Waals surface area contributed by atoms with E-state index < -0.39 is 254 Å². The lowest BCUT2D eigenvalue weighted by molar-refractivity contribution is -0.401. The van der Waals surface area contributed by atoms with Crippen molar-refractivity contribution in [2.24, 2.45) is 0 Å². The normalized spacial score (nSPS) is 37.7. The van der Waals surface area contributed by atoms with Crippen molar-refractivity contribution in [2.75, 3.05) is 46.2 Å². The first-order valence-electron chi connectivity index (χ1n) is 40.0. The molecule has 0 aromatic rings. The fourth-order valence-electron chi connectivity index (χ4n) is 14.7. The van der Waals surface area contributed by atoms with Crippen LogP contribution in [0.25, 0.3) is 0 Å². The molecule has 6 rings (SSSR count). The van der Waals surface area contributed by atoms with Gasteiger partial charge in [0.05, 0.1) is 58.4 Å². The molecule has 6 fully saturated rings. The Labute approximate surface area is 643 Å². The summed E-state index contributed by atoms with van der Waals surface area (Å²) in [6, 6.07) is -4.64. The van der Waals surface area contributed by atoms with Crippen LogP contribution in [0.2, 0.25) is 0 Å². The highest BCUT2D eigenvalue weighted by atomic mass is 16.8. The number of carbonyl (C=O) groups is 3. The van der Waals surface area contributed by atoms with Crippen LogP contribution in [-0.2, 0) is 71.2 Å². The van der Waals surface area contributed by atoms with Crippen molar-refractivity contribution < 1.29 is 163 Å². The van der Waals surface area contributed by atoms with Crippen molar-refractivity contribution in [3.8, 4) is 0 Å². The first kappa shape index (κ1) is 95.8. The number of aliphatic hydroxyl groups excluding tert-OH is 18. The van der Waals surface area contributed by atoms with Crippen LogP contribution in [0.3, 0.4) is 0 Å². The van der Waals surface area contributed by atoms with E-state index in [1.807, 2.05) is 6.08 Å². The predicted octanol–water partition coefficient (Wildman–Crippen LogP) is -3.20. The van der Waals surface area contributed by atoms with Crippen LogP contribution in [0.1, 0.15) is 195 Å². The van der Waals surface area contributed by atoms with Crippen LogP contribution in [0.4, 0.5) is 0 Å². The number of hydrogen-bond acceptors (Lipinski definition) is 33. The van der Waals surface area contributed by atoms with Gasteiger partial charge >= 0.3 is 0 Å². The molecule has 6 aliphatic rings. The van der Waals surface area contributed by atoms with Crippen molar-refractivity contribution in [3.05, 3.63) is 12.2 Å². The lowest BCUT2D eigenvalue weighted by Crippen LogP contribution is -2.70. The molecule has 36 nitrogen and oxygen atoms in total. The number of unbranched alkanes of at least 4 members (excludes halogenated alkanes) is 23. The predicted molar refractivity (Wildman–Crippen MR) is 385 cm³/mol. The minimum atomic E-state index is -2.37. The number of carbonyl (C=O) groups excluding carboxylic acids is 3. The second-order valence-electron chi connectivity index (χ2n) is 29.9. The number of amides is 3. The summed E-state index contributed by atoms with van der Waals surface area (Å²) < 4.78 is 71.9. The Morgan fingerprint density at radius 2 is 0.700 bits per heavy atom. The summed E-state index contributed by atoms with van der Waals surface area (Å²) in [5.74, 6) is -2.04. The topological polar surface area (TPSA) is 562 Å². The molecular formula is C74H133N3O33. The number of aliphatic hydroxyl groups is 18. The van der Waals surface area contributed by atoms with Crippen LogP contribution < -0.4 is 16.0 Å². The maximum absolute atomic E-state index is 13.6. The van der Waals surface area contributed by atoms with E-state index in [1.54, 1.807) is 6.08 Å². The van der Waals surface area contributed by atoms with Gasteiger partial charge in [-0.05, 0) is 19.3 Å². The van der Waals surface area contributed by atoms with Crippen molar-refractivity contribution in [2.45, 2.75) is 391 Å². The summed E-state index contributed by atoms with van der Waals surface area (Å²) >= 11 is 0. The minimum Gasteiger partial charge on any atom is -0.394 e. The highest BCUT2D eigenvalue weighted by molar-refractivity contribution is 5.76. The van der Waals surface area contributed by atoms with Crippen molar-refractivity contribution in [1.29, 1.82) is 0 Å². The highest BCUT2D eigenvalue weighted by Crippen LogP contribution is 2.39. The van der Waals surface area contributed by atoms with E-state index in [1.165, 1.54) is 96.3 Å². The molecule has 0 radical (unpaired) electrons. The Balaban J connectivity index is 1.21. The zero-order valence-corrected chi connectivity index (χ0v) is 64.1. The summed E-state index contributed by atoms with van der Waals surface area (Å²) in [5.41, 5.74) is 0. The molecule has 0 bridgehead atoms. The van der Waals surface area contributed by atoms with Crippen molar-refractivity contribution >= 4 is 17.7 Å². The molecule has 36 heteroatoms. The molecule has 642 valence electrons. The third-order valence-corrected chi connectivity index (χ3v) is 21.2. The SMILES string of the molecule is CCCCCCCCCCCCC/C=C/[C@@H](O)[C@H](CO[C@@H]1OC(CO)[C@@H](O[C@@H]2OC(CO)[C@H](O[C@@H]3OC(CO)[C@H](O)[C@H](O)C3NC(C)=O)[C@H](O[C@H]3OC(CO)[C@H](O)[C@H](O[C@@H]4OC(CO)[C@@H](O[C@@H]5OC(CO)[C@H](O)[C@H](O)C5O)[C@H](O)C4NC(C)=O)C3O)C2O)[C@H](O)C1O)NC(=O)CCCCCCCCCCCCCCC. The molecule has 3 amide bonds. The van der Waals surface area contributed by atoms with E-state index in [9.17, 15) is 106 Å². The van der Waals surface area contributed by atoms with E-state index in [0.717, 1.165) is 65.2 Å². The van der Waals surface area contributed by atoms with Gasteiger partial charge in [0.1, 0.15) is 146 Å². The fourth-order valence-corrected chi connectivity index (χ4v) is 14.7. The highest BCUT2D eigenvalue weighted by Gasteiger charge is 2.59. The van der Waals surface area contributed by atoms with Gasteiger partial charge in [-0.3, -0.25) is 14.4 Å². The monoisotopic (exact) mass is 1590 g/mol. The Bertz CT molecular complexity index is 2560. The summed E-state index contributed by atoms with van der Waals surface area (Å²) in [5, 5.41) is 209. The lowest BCUT2D eigenvalue weighted by Gasteiger charge is -2.51. The second kappa shape index (κ2) is 50.5. The molecule has 110 heavy (non-hydrogen) atoms. The van der Waals surface area contributed by atoms with Gasteiger partial charge in [0.2, 0.25) is 17.7 Å².